The molecule has 0 aliphatic rings. The number of hydrogen-bond donors (Lipinski definition) is 0. The number of hydrogen-bond acceptors (Lipinski definition) is 1. The molecule has 104 valence electrons. The van der Waals surface area contributed by atoms with Crippen molar-refractivity contribution >= 4 is 39.3 Å². The molecular formula is C12H28Cl2OSi2. The summed E-state index contributed by atoms with van der Waals surface area (Å²) in [4.78, 5) is 0. The predicted molar refractivity (Wildman–Crippen MR) is 86.5 cm³/mol. The standard InChI is InChI=1S/C12H28Cl2OSi2/c1-16(2,9-5-13)11-7-15-8-12-17(3,4)10-6-14/h5-12H2,1-4H3. The number of rotatable bonds is 10. The Morgan fingerprint density at radius 1 is 0.706 bits per heavy atom. The second kappa shape index (κ2) is 8.97. The Kier molecular flexibility index (Phi) is 9.48. The Bertz CT molecular complexity index is 179. The van der Waals surface area contributed by atoms with E-state index in [-0.39, 0.29) is 0 Å². The fourth-order valence-corrected chi connectivity index (χ4v) is 7.55. The molecule has 0 aromatic carbocycles. The predicted octanol–water partition coefficient (Wildman–Crippen LogP) is 4.90. The summed E-state index contributed by atoms with van der Waals surface area (Å²) in [6.07, 6.45) is 0. The van der Waals surface area contributed by atoms with Crippen LogP contribution in [-0.2, 0) is 4.74 Å². The zero-order valence-corrected chi connectivity index (χ0v) is 15.3. The maximum Gasteiger partial charge on any atom is 0.0508 e. The summed E-state index contributed by atoms with van der Waals surface area (Å²) in [6, 6.07) is 4.86. The average Bonchev–Trinajstić information content (AvgIpc) is 2.16. The van der Waals surface area contributed by atoms with E-state index in [9.17, 15) is 0 Å². The summed E-state index contributed by atoms with van der Waals surface area (Å²) >= 11 is 11.6. The van der Waals surface area contributed by atoms with Crippen molar-refractivity contribution < 1.29 is 4.74 Å². The van der Waals surface area contributed by atoms with Gasteiger partial charge >= 0.3 is 0 Å². The normalized spacial score (nSPS) is 13.1. The Hall–Kier alpha value is 0.974. The fraction of sp³-hybridized carbons (Fsp3) is 1.00. The zero-order chi connectivity index (χ0) is 13.4. The smallest absolute Gasteiger partial charge is 0.0508 e. The van der Waals surface area contributed by atoms with Crippen LogP contribution in [0.1, 0.15) is 0 Å². The van der Waals surface area contributed by atoms with Gasteiger partial charge in [0.05, 0.1) is 16.1 Å². The first-order valence-electron chi connectivity index (χ1n) is 6.53. The van der Waals surface area contributed by atoms with Crippen LogP contribution in [0.4, 0.5) is 0 Å². The zero-order valence-electron chi connectivity index (χ0n) is 11.8. The van der Waals surface area contributed by atoms with Gasteiger partial charge in [0.15, 0.2) is 0 Å². The lowest BCUT2D eigenvalue weighted by Crippen LogP contribution is -2.29. The van der Waals surface area contributed by atoms with Gasteiger partial charge in [0.2, 0.25) is 0 Å². The van der Waals surface area contributed by atoms with Crippen LogP contribution in [0.5, 0.6) is 0 Å². The van der Waals surface area contributed by atoms with E-state index in [0.29, 0.717) is 0 Å². The minimum absolute atomic E-state index is 0.800. The molecule has 0 aromatic heterocycles. The monoisotopic (exact) mass is 314 g/mol. The van der Waals surface area contributed by atoms with Crippen LogP contribution in [0.15, 0.2) is 0 Å². The molecule has 0 spiro atoms. The highest BCUT2D eigenvalue weighted by Gasteiger charge is 2.21. The minimum Gasteiger partial charge on any atom is -0.382 e. The van der Waals surface area contributed by atoms with Crippen LogP contribution in [0, 0.1) is 0 Å². The van der Waals surface area contributed by atoms with E-state index < -0.39 is 16.1 Å². The fourth-order valence-electron chi connectivity index (χ4n) is 1.56. The van der Waals surface area contributed by atoms with Gasteiger partial charge in [-0.1, -0.05) is 26.2 Å². The van der Waals surface area contributed by atoms with Crippen molar-refractivity contribution in [3.63, 3.8) is 0 Å². The van der Waals surface area contributed by atoms with Gasteiger partial charge in [-0.15, -0.1) is 23.2 Å². The molecule has 0 amide bonds. The third-order valence-electron chi connectivity index (χ3n) is 3.39. The molecule has 0 rings (SSSR count). The largest absolute Gasteiger partial charge is 0.382 e. The van der Waals surface area contributed by atoms with Crippen LogP contribution in [0.3, 0.4) is 0 Å². The first-order chi connectivity index (χ1) is 7.83. The van der Waals surface area contributed by atoms with Crippen LogP contribution >= 0.6 is 23.2 Å². The number of halogens is 2. The van der Waals surface area contributed by atoms with Crippen molar-refractivity contribution in [2.45, 2.75) is 50.4 Å². The summed E-state index contributed by atoms with van der Waals surface area (Å²) in [6.45, 7) is 11.4. The van der Waals surface area contributed by atoms with Gasteiger partial charge in [-0.05, 0) is 24.2 Å². The first kappa shape index (κ1) is 18.0. The van der Waals surface area contributed by atoms with Gasteiger partial charge in [0.1, 0.15) is 0 Å². The SMILES string of the molecule is C[Si](C)(CCCl)CCOCC[Si](C)(C)CCCl. The summed E-state index contributed by atoms with van der Waals surface area (Å²) in [5.41, 5.74) is 0. The van der Waals surface area contributed by atoms with E-state index in [1.54, 1.807) is 0 Å². The lowest BCUT2D eigenvalue weighted by molar-refractivity contribution is 0.160. The number of ether oxygens (including phenoxy) is 1. The van der Waals surface area contributed by atoms with Crippen molar-refractivity contribution in [1.82, 2.24) is 0 Å². The molecule has 1 nitrogen and oxygen atoms in total. The van der Waals surface area contributed by atoms with Gasteiger partial charge in [-0.2, -0.15) is 0 Å². The molecular weight excluding hydrogens is 287 g/mol. The summed E-state index contributed by atoms with van der Waals surface area (Å²) in [5, 5.41) is 0. The molecule has 0 radical (unpaired) electrons. The molecule has 0 atom stereocenters. The molecule has 0 N–H and O–H groups in total. The van der Waals surface area contributed by atoms with E-state index in [2.05, 4.69) is 26.2 Å². The Balaban J connectivity index is 3.58. The van der Waals surface area contributed by atoms with Crippen molar-refractivity contribution in [2.24, 2.45) is 0 Å². The molecule has 0 aliphatic heterocycles. The lowest BCUT2D eigenvalue weighted by atomic mass is 10.8. The van der Waals surface area contributed by atoms with Crippen molar-refractivity contribution in [3.8, 4) is 0 Å². The van der Waals surface area contributed by atoms with Gasteiger partial charge in [-0.25, -0.2) is 0 Å². The highest BCUT2D eigenvalue weighted by atomic mass is 35.5. The second-order valence-corrected chi connectivity index (χ2v) is 17.7. The topological polar surface area (TPSA) is 9.23 Å². The summed E-state index contributed by atoms with van der Waals surface area (Å²) in [5.74, 6) is 1.60. The van der Waals surface area contributed by atoms with E-state index in [1.807, 2.05) is 0 Å². The summed E-state index contributed by atoms with van der Waals surface area (Å²) < 4.78 is 5.78. The third-order valence-corrected chi connectivity index (χ3v) is 10.7. The van der Waals surface area contributed by atoms with Crippen molar-refractivity contribution in [3.05, 3.63) is 0 Å². The first-order valence-corrected chi connectivity index (χ1v) is 14.4. The van der Waals surface area contributed by atoms with Crippen molar-refractivity contribution in [1.29, 1.82) is 0 Å². The van der Waals surface area contributed by atoms with Gasteiger partial charge in [-0.3, -0.25) is 0 Å². The lowest BCUT2D eigenvalue weighted by Gasteiger charge is -2.23. The van der Waals surface area contributed by atoms with E-state index in [1.165, 1.54) is 24.2 Å². The Morgan fingerprint density at radius 2 is 1.06 bits per heavy atom. The molecule has 0 aliphatic carbocycles. The van der Waals surface area contributed by atoms with Crippen LogP contribution in [0.25, 0.3) is 0 Å². The molecule has 0 aromatic rings. The van der Waals surface area contributed by atoms with Gasteiger partial charge < -0.3 is 4.74 Å². The Labute approximate surface area is 119 Å². The molecule has 0 saturated heterocycles. The maximum absolute atomic E-state index is 5.81. The van der Waals surface area contributed by atoms with E-state index >= 15 is 0 Å². The Morgan fingerprint density at radius 3 is 1.35 bits per heavy atom. The molecule has 0 fully saturated rings. The molecule has 0 bridgehead atoms. The molecule has 5 heteroatoms. The van der Waals surface area contributed by atoms with Gasteiger partial charge in [0, 0.05) is 25.0 Å². The quantitative estimate of drug-likeness (QED) is 0.316. The molecule has 0 heterocycles. The number of alkyl halides is 2. The second-order valence-electron chi connectivity index (χ2n) is 6.32. The molecule has 0 unspecified atom stereocenters. The van der Waals surface area contributed by atoms with Crippen LogP contribution in [-0.4, -0.2) is 41.1 Å². The molecule has 17 heavy (non-hydrogen) atoms. The van der Waals surface area contributed by atoms with Crippen LogP contribution < -0.4 is 0 Å². The minimum atomic E-state index is -1.08. The third kappa shape index (κ3) is 10.6. The maximum atomic E-state index is 5.81. The molecule has 0 saturated carbocycles. The summed E-state index contributed by atoms with van der Waals surface area (Å²) in [7, 11) is -2.16. The van der Waals surface area contributed by atoms with E-state index in [4.69, 9.17) is 27.9 Å². The highest BCUT2D eigenvalue weighted by molar-refractivity contribution is 6.78. The highest BCUT2D eigenvalue weighted by Crippen LogP contribution is 2.18. The average molecular weight is 315 g/mol. The van der Waals surface area contributed by atoms with Crippen molar-refractivity contribution in [2.75, 3.05) is 25.0 Å². The van der Waals surface area contributed by atoms with Gasteiger partial charge in [0.25, 0.3) is 0 Å². The van der Waals surface area contributed by atoms with Crippen LogP contribution in [0.2, 0.25) is 50.4 Å². The van der Waals surface area contributed by atoms with E-state index in [0.717, 1.165) is 25.0 Å².